The predicted octanol–water partition coefficient (Wildman–Crippen LogP) is 4.50. The lowest BCUT2D eigenvalue weighted by molar-refractivity contribution is -0.112. The van der Waals surface area contributed by atoms with Crippen LogP contribution >= 0.6 is 11.6 Å². The summed E-state index contributed by atoms with van der Waals surface area (Å²) in [5, 5.41) is 6.04. The van der Waals surface area contributed by atoms with Gasteiger partial charge in [-0.3, -0.25) is 14.4 Å². The Kier molecular flexibility index (Phi) is 6.05. The fourth-order valence-electron chi connectivity index (χ4n) is 3.34. The summed E-state index contributed by atoms with van der Waals surface area (Å²) in [6, 6.07) is 18.8. The SMILES string of the molecule is COc1ccc(CNC(=O)c2ccc3c(c2)C(=O)/C(=C/c2cccc(Cl)c2)C(=O)N3)cc1. The Morgan fingerprint density at radius 1 is 1.06 bits per heavy atom. The summed E-state index contributed by atoms with van der Waals surface area (Å²) in [6.07, 6.45) is 1.49. The molecule has 2 amide bonds. The third-order valence-corrected chi connectivity index (χ3v) is 5.27. The number of hydrogen-bond donors (Lipinski definition) is 2. The molecule has 0 unspecified atom stereocenters. The van der Waals surface area contributed by atoms with Crippen molar-refractivity contribution >= 4 is 41.0 Å². The molecular formula is C25H19ClN2O4. The summed E-state index contributed by atoms with van der Waals surface area (Å²) in [7, 11) is 1.59. The second-order valence-corrected chi connectivity index (χ2v) is 7.62. The molecule has 4 rings (SSSR count). The molecule has 0 saturated carbocycles. The van der Waals surface area contributed by atoms with Crippen molar-refractivity contribution < 1.29 is 19.1 Å². The second-order valence-electron chi connectivity index (χ2n) is 7.19. The molecule has 32 heavy (non-hydrogen) atoms. The Bertz CT molecular complexity index is 1250. The van der Waals surface area contributed by atoms with Crippen molar-refractivity contribution in [3.05, 3.63) is 99.6 Å². The van der Waals surface area contributed by atoms with E-state index >= 15 is 0 Å². The molecule has 0 saturated heterocycles. The number of anilines is 1. The molecule has 0 fully saturated rings. The molecule has 1 aliphatic heterocycles. The van der Waals surface area contributed by atoms with Crippen molar-refractivity contribution in [3.63, 3.8) is 0 Å². The van der Waals surface area contributed by atoms with Gasteiger partial charge >= 0.3 is 0 Å². The number of fused-ring (bicyclic) bond motifs is 1. The van der Waals surface area contributed by atoms with Gasteiger partial charge in [0.25, 0.3) is 11.8 Å². The molecule has 3 aromatic carbocycles. The zero-order valence-electron chi connectivity index (χ0n) is 17.1. The number of rotatable bonds is 5. The van der Waals surface area contributed by atoms with Crippen LogP contribution in [0.15, 0.2) is 72.3 Å². The highest BCUT2D eigenvalue weighted by Crippen LogP contribution is 2.28. The Hall–Kier alpha value is -3.90. The van der Waals surface area contributed by atoms with Crippen LogP contribution in [0.5, 0.6) is 5.75 Å². The van der Waals surface area contributed by atoms with Gasteiger partial charge < -0.3 is 15.4 Å². The standard InChI is InChI=1S/C25H19ClN2O4/c1-32-19-8-5-15(6-9-19)14-27-24(30)17-7-10-22-20(13-17)23(29)21(25(31)28-22)12-16-3-2-4-18(26)11-16/h2-13H,14H2,1H3,(H,27,30)(H,28,31)/b21-12-. The molecule has 0 radical (unpaired) electrons. The average molecular weight is 447 g/mol. The molecule has 6 nitrogen and oxygen atoms in total. The number of carbonyl (C=O) groups is 3. The Labute approximate surface area is 189 Å². The Morgan fingerprint density at radius 2 is 1.84 bits per heavy atom. The highest BCUT2D eigenvalue weighted by atomic mass is 35.5. The van der Waals surface area contributed by atoms with E-state index in [2.05, 4.69) is 10.6 Å². The topological polar surface area (TPSA) is 84.5 Å². The first-order chi connectivity index (χ1) is 15.4. The van der Waals surface area contributed by atoms with Crippen LogP contribution in [-0.2, 0) is 11.3 Å². The van der Waals surface area contributed by atoms with Gasteiger partial charge in [0.2, 0.25) is 5.78 Å². The van der Waals surface area contributed by atoms with Gasteiger partial charge in [-0.05, 0) is 59.7 Å². The first-order valence-corrected chi connectivity index (χ1v) is 10.2. The number of halogens is 1. The number of methoxy groups -OCH3 is 1. The van der Waals surface area contributed by atoms with Gasteiger partial charge in [0.05, 0.1) is 18.4 Å². The molecule has 160 valence electrons. The van der Waals surface area contributed by atoms with E-state index in [0.717, 1.165) is 11.3 Å². The fraction of sp³-hybridized carbons (Fsp3) is 0.0800. The van der Waals surface area contributed by atoms with Gasteiger partial charge in [0.1, 0.15) is 5.75 Å². The average Bonchev–Trinajstić information content (AvgIpc) is 2.80. The van der Waals surface area contributed by atoms with Crippen molar-refractivity contribution in [2.45, 2.75) is 6.54 Å². The monoisotopic (exact) mass is 446 g/mol. The molecule has 3 aromatic rings. The van der Waals surface area contributed by atoms with E-state index in [1.165, 1.54) is 12.1 Å². The third-order valence-electron chi connectivity index (χ3n) is 5.04. The lowest BCUT2D eigenvalue weighted by Gasteiger charge is -2.19. The van der Waals surface area contributed by atoms with Crippen molar-refractivity contribution in [1.82, 2.24) is 5.32 Å². The number of carbonyl (C=O) groups excluding carboxylic acids is 3. The summed E-state index contributed by atoms with van der Waals surface area (Å²) in [6.45, 7) is 0.324. The number of nitrogens with one attached hydrogen (secondary N) is 2. The van der Waals surface area contributed by atoms with E-state index in [0.29, 0.717) is 28.4 Å². The van der Waals surface area contributed by atoms with Crippen LogP contribution in [0.25, 0.3) is 6.08 Å². The summed E-state index contributed by atoms with van der Waals surface area (Å²) >= 11 is 6.00. The van der Waals surface area contributed by atoms with Crippen LogP contribution in [0.3, 0.4) is 0 Å². The maximum atomic E-state index is 13.0. The van der Waals surface area contributed by atoms with E-state index in [1.807, 2.05) is 24.3 Å². The van der Waals surface area contributed by atoms with Gasteiger partial charge in [0, 0.05) is 22.7 Å². The summed E-state index contributed by atoms with van der Waals surface area (Å²) in [4.78, 5) is 38.1. The Balaban J connectivity index is 1.54. The fourth-order valence-corrected chi connectivity index (χ4v) is 3.54. The molecule has 0 aromatic heterocycles. The highest BCUT2D eigenvalue weighted by molar-refractivity contribution is 6.36. The van der Waals surface area contributed by atoms with Crippen molar-refractivity contribution in [2.75, 3.05) is 12.4 Å². The molecule has 7 heteroatoms. The predicted molar refractivity (Wildman–Crippen MR) is 123 cm³/mol. The Morgan fingerprint density at radius 3 is 2.56 bits per heavy atom. The molecule has 0 aliphatic carbocycles. The quantitative estimate of drug-likeness (QED) is 0.446. The molecule has 0 atom stereocenters. The first kappa shape index (κ1) is 21.3. The molecular weight excluding hydrogens is 428 g/mol. The number of ketones is 1. The smallest absolute Gasteiger partial charge is 0.259 e. The van der Waals surface area contributed by atoms with Gasteiger partial charge in [-0.1, -0.05) is 35.9 Å². The number of Topliss-reactive ketones (excluding diaryl/α,β-unsaturated/α-hetero) is 1. The maximum absolute atomic E-state index is 13.0. The van der Waals surface area contributed by atoms with Gasteiger partial charge in [-0.15, -0.1) is 0 Å². The van der Waals surface area contributed by atoms with Gasteiger partial charge in [-0.25, -0.2) is 0 Å². The van der Waals surface area contributed by atoms with E-state index in [1.54, 1.807) is 43.5 Å². The van der Waals surface area contributed by atoms with Crippen molar-refractivity contribution in [1.29, 1.82) is 0 Å². The first-order valence-electron chi connectivity index (χ1n) is 9.83. The number of benzene rings is 3. The van der Waals surface area contributed by atoms with Crippen LogP contribution in [-0.4, -0.2) is 24.7 Å². The maximum Gasteiger partial charge on any atom is 0.259 e. The molecule has 0 spiro atoms. The minimum absolute atomic E-state index is 0.0180. The third kappa shape index (κ3) is 4.55. The van der Waals surface area contributed by atoms with E-state index in [-0.39, 0.29) is 17.0 Å². The van der Waals surface area contributed by atoms with E-state index < -0.39 is 11.7 Å². The molecule has 0 bridgehead atoms. The molecule has 1 heterocycles. The lowest BCUT2D eigenvalue weighted by atomic mass is 9.93. The van der Waals surface area contributed by atoms with Crippen LogP contribution in [0.1, 0.15) is 31.8 Å². The number of hydrogen-bond acceptors (Lipinski definition) is 4. The normalized spacial score (nSPS) is 14.0. The summed E-state index contributed by atoms with van der Waals surface area (Å²) in [5.41, 5.74) is 2.48. The van der Waals surface area contributed by atoms with E-state index in [4.69, 9.17) is 16.3 Å². The highest BCUT2D eigenvalue weighted by Gasteiger charge is 2.29. The minimum Gasteiger partial charge on any atom is -0.497 e. The number of ether oxygens (including phenoxy) is 1. The minimum atomic E-state index is -0.501. The summed E-state index contributed by atoms with van der Waals surface area (Å²) in [5.74, 6) is -0.543. The lowest BCUT2D eigenvalue weighted by Crippen LogP contribution is -2.28. The van der Waals surface area contributed by atoms with Crippen LogP contribution < -0.4 is 15.4 Å². The zero-order valence-corrected chi connectivity index (χ0v) is 17.9. The van der Waals surface area contributed by atoms with Crippen LogP contribution in [0, 0.1) is 0 Å². The van der Waals surface area contributed by atoms with E-state index in [9.17, 15) is 14.4 Å². The number of amides is 2. The van der Waals surface area contributed by atoms with Crippen molar-refractivity contribution in [2.24, 2.45) is 0 Å². The summed E-state index contributed by atoms with van der Waals surface area (Å²) < 4.78 is 5.13. The van der Waals surface area contributed by atoms with Gasteiger partial charge in [-0.2, -0.15) is 0 Å². The van der Waals surface area contributed by atoms with Crippen LogP contribution in [0.2, 0.25) is 5.02 Å². The zero-order chi connectivity index (χ0) is 22.7. The molecule has 1 aliphatic rings. The molecule has 2 N–H and O–H groups in total. The van der Waals surface area contributed by atoms with Gasteiger partial charge in [0.15, 0.2) is 0 Å². The van der Waals surface area contributed by atoms with Crippen LogP contribution in [0.4, 0.5) is 5.69 Å². The largest absolute Gasteiger partial charge is 0.497 e. The van der Waals surface area contributed by atoms with Crippen molar-refractivity contribution in [3.8, 4) is 5.75 Å². The second kappa shape index (κ2) is 9.08.